The summed E-state index contributed by atoms with van der Waals surface area (Å²) in [4.78, 5) is 2.54. The van der Waals surface area contributed by atoms with E-state index in [1.807, 2.05) is 0 Å². The van der Waals surface area contributed by atoms with Gasteiger partial charge in [-0.3, -0.25) is 0 Å². The lowest BCUT2D eigenvalue weighted by molar-refractivity contribution is 0.0343. The molecule has 1 N–H and O–H groups in total. The van der Waals surface area contributed by atoms with Gasteiger partial charge in [0.1, 0.15) is 0 Å². The average Bonchev–Trinajstić information content (AvgIpc) is 2.53. The van der Waals surface area contributed by atoms with Gasteiger partial charge in [-0.2, -0.15) is 0 Å². The van der Waals surface area contributed by atoms with Gasteiger partial charge in [0.2, 0.25) is 0 Å². The van der Waals surface area contributed by atoms with E-state index in [2.05, 4.69) is 34.5 Å². The normalized spacial score (nSPS) is 23.5. The van der Waals surface area contributed by atoms with Crippen LogP contribution in [0.4, 0.5) is 0 Å². The van der Waals surface area contributed by atoms with E-state index >= 15 is 0 Å². The molecular weight excluding hydrogens is 248 g/mol. The summed E-state index contributed by atoms with van der Waals surface area (Å²) < 4.78 is 6.16. The molecule has 0 aromatic heterocycles. The molecule has 1 aromatic rings. The Morgan fingerprint density at radius 1 is 1.20 bits per heavy atom. The number of hydrogen-bond donors (Lipinski definition) is 1. The topological polar surface area (TPSA) is 24.5 Å². The summed E-state index contributed by atoms with van der Waals surface area (Å²) in [6, 6.07) is 8.79. The predicted octanol–water partition coefficient (Wildman–Crippen LogP) is 2.38. The third kappa shape index (κ3) is 3.60. The van der Waals surface area contributed by atoms with Crippen molar-refractivity contribution < 1.29 is 4.74 Å². The van der Waals surface area contributed by atoms with E-state index in [1.54, 1.807) is 0 Å². The van der Waals surface area contributed by atoms with Crippen molar-refractivity contribution >= 4 is 0 Å². The molecule has 1 fully saturated rings. The molecule has 20 heavy (non-hydrogen) atoms. The Kier molecular flexibility index (Phi) is 5.06. The molecule has 2 aliphatic rings. The quantitative estimate of drug-likeness (QED) is 0.834. The van der Waals surface area contributed by atoms with Gasteiger partial charge in [0, 0.05) is 39.3 Å². The highest BCUT2D eigenvalue weighted by Crippen LogP contribution is 2.32. The van der Waals surface area contributed by atoms with Crippen molar-refractivity contribution in [2.24, 2.45) is 0 Å². The molecule has 0 spiro atoms. The summed E-state index contributed by atoms with van der Waals surface area (Å²) in [6.07, 6.45) is 5.16. The second kappa shape index (κ2) is 7.21. The molecule has 110 valence electrons. The Morgan fingerprint density at radius 2 is 2.05 bits per heavy atom. The lowest BCUT2D eigenvalue weighted by Crippen LogP contribution is -2.43. The second-order valence-electron chi connectivity index (χ2n) is 5.90. The molecule has 1 heterocycles. The lowest BCUT2D eigenvalue weighted by atomic mass is 9.89. The van der Waals surface area contributed by atoms with Crippen molar-refractivity contribution in [1.82, 2.24) is 10.2 Å². The summed E-state index contributed by atoms with van der Waals surface area (Å²) in [7, 11) is 0. The Morgan fingerprint density at radius 3 is 2.95 bits per heavy atom. The van der Waals surface area contributed by atoms with Crippen LogP contribution in [-0.4, -0.2) is 44.2 Å². The number of benzene rings is 1. The van der Waals surface area contributed by atoms with Gasteiger partial charge >= 0.3 is 0 Å². The first-order valence-electron chi connectivity index (χ1n) is 8.06. The molecule has 3 rings (SSSR count). The van der Waals surface area contributed by atoms with Crippen LogP contribution in [0.3, 0.4) is 0 Å². The van der Waals surface area contributed by atoms with Gasteiger partial charge in [-0.15, -0.1) is 0 Å². The average molecular weight is 274 g/mol. The molecule has 1 aromatic carbocycles. The predicted molar refractivity (Wildman–Crippen MR) is 82.0 cm³/mol. The molecule has 0 saturated carbocycles. The van der Waals surface area contributed by atoms with Gasteiger partial charge in [0.05, 0.1) is 6.10 Å². The van der Waals surface area contributed by atoms with Gasteiger partial charge in [-0.25, -0.2) is 0 Å². The summed E-state index contributed by atoms with van der Waals surface area (Å²) in [5.74, 6) is 0. The number of piperazine rings is 1. The Balaban J connectivity index is 1.43. The van der Waals surface area contributed by atoms with E-state index in [4.69, 9.17) is 4.74 Å². The van der Waals surface area contributed by atoms with Gasteiger partial charge in [0.25, 0.3) is 0 Å². The zero-order valence-electron chi connectivity index (χ0n) is 12.3. The molecule has 3 nitrogen and oxygen atoms in total. The van der Waals surface area contributed by atoms with Gasteiger partial charge in [0.15, 0.2) is 0 Å². The molecule has 0 amide bonds. The number of nitrogens with one attached hydrogen (secondary N) is 1. The molecule has 1 atom stereocenters. The molecular formula is C17H26N2O. The second-order valence-corrected chi connectivity index (χ2v) is 5.90. The molecule has 1 saturated heterocycles. The number of ether oxygens (including phenoxy) is 1. The Labute approximate surface area is 122 Å². The van der Waals surface area contributed by atoms with Gasteiger partial charge in [-0.05, 0) is 36.8 Å². The highest BCUT2D eigenvalue weighted by molar-refractivity contribution is 5.31. The van der Waals surface area contributed by atoms with Crippen LogP contribution in [0.1, 0.15) is 36.5 Å². The Bertz CT molecular complexity index is 415. The molecule has 1 aliphatic carbocycles. The number of hydrogen-bond acceptors (Lipinski definition) is 3. The SMILES string of the molecule is c1ccc2c(c1)CCCC2OCCCN1CCNCC1. The fraction of sp³-hybridized carbons (Fsp3) is 0.647. The summed E-state index contributed by atoms with van der Waals surface area (Å²) in [5.41, 5.74) is 2.92. The monoisotopic (exact) mass is 274 g/mol. The van der Waals surface area contributed by atoms with E-state index in [9.17, 15) is 0 Å². The summed E-state index contributed by atoms with van der Waals surface area (Å²) >= 11 is 0. The third-order valence-electron chi connectivity index (χ3n) is 4.46. The maximum atomic E-state index is 6.16. The third-order valence-corrected chi connectivity index (χ3v) is 4.46. The van der Waals surface area contributed by atoms with Crippen LogP contribution < -0.4 is 5.32 Å². The largest absolute Gasteiger partial charge is 0.373 e. The minimum absolute atomic E-state index is 0.336. The summed E-state index contributed by atoms with van der Waals surface area (Å²) in [5, 5.41) is 3.39. The lowest BCUT2D eigenvalue weighted by Gasteiger charge is -2.28. The molecule has 1 aliphatic heterocycles. The minimum atomic E-state index is 0.336. The van der Waals surface area contributed by atoms with Crippen molar-refractivity contribution in [3.05, 3.63) is 35.4 Å². The maximum Gasteiger partial charge on any atom is 0.0827 e. The maximum absolute atomic E-state index is 6.16. The zero-order chi connectivity index (χ0) is 13.6. The van der Waals surface area contributed by atoms with Crippen molar-refractivity contribution in [2.45, 2.75) is 31.8 Å². The Hall–Kier alpha value is -0.900. The number of rotatable bonds is 5. The van der Waals surface area contributed by atoms with Crippen LogP contribution >= 0.6 is 0 Å². The first-order chi connectivity index (χ1) is 9.93. The fourth-order valence-corrected chi connectivity index (χ4v) is 3.33. The van der Waals surface area contributed by atoms with Crippen LogP contribution in [0, 0.1) is 0 Å². The molecule has 0 radical (unpaired) electrons. The van der Waals surface area contributed by atoms with Crippen molar-refractivity contribution in [3.63, 3.8) is 0 Å². The van der Waals surface area contributed by atoms with Crippen molar-refractivity contribution in [3.8, 4) is 0 Å². The highest BCUT2D eigenvalue weighted by Gasteiger charge is 2.20. The molecule has 0 bridgehead atoms. The van der Waals surface area contributed by atoms with Crippen LogP contribution in [0.2, 0.25) is 0 Å². The van der Waals surface area contributed by atoms with Gasteiger partial charge in [-0.1, -0.05) is 24.3 Å². The van der Waals surface area contributed by atoms with Crippen molar-refractivity contribution in [2.75, 3.05) is 39.3 Å². The van der Waals surface area contributed by atoms with Gasteiger partial charge < -0.3 is 15.0 Å². The van der Waals surface area contributed by atoms with Crippen LogP contribution in [0.25, 0.3) is 0 Å². The van der Waals surface area contributed by atoms with E-state index in [1.165, 1.54) is 50.0 Å². The summed E-state index contributed by atoms with van der Waals surface area (Å²) in [6.45, 7) is 6.71. The smallest absolute Gasteiger partial charge is 0.0827 e. The standard InChI is InChI=1S/C17H26N2O/c1-2-7-16-15(5-1)6-3-8-17(16)20-14-4-11-19-12-9-18-10-13-19/h1-2,5,7,17-18H,3-4,6,8-14H2. The van der Waals surface area contributed by atoms with Crippen molar-refractivity contribution in [1.29, 1.82) is 0 Å². The van der Waals surface area contributed by atoms with Crippen LogP contribution in [-0.2, 0) is 11.2 Å². The van der Waals surface area contributed by atoms with Crippen LogP contribution in [0.15, 0.2) is 24.3 Å². The minimum Gasteiger partial charge on any atom is -0.373 e. The number of nitrogens with zero attached hydrogens (tertiary/aromatic N) is 1. The zero-order valence-corrected chi connectivity index (χ0v) is 12.3. The molecule has 1 unspecified atom stereocenters. The highest BCUT2D eigenvalue weighted by atomic mass is 16.5. The van der Waals surface area contributed by atoms with E-state index < -0.39 is 0 Å². The fourth-order valence-electron chi connectivity index (χ4n) is 3.33. The first-order valence-corrected chi connectivity index (χ1v) is 8.06. The van der Waals surface area contributed by atoms with E-state index in [0.29, 0.717) is 6.10 Å². The molecule has 3 heteroatoms. The first kappa shape index (κ1) is 14.1. The van der Waals surface area contributed by atoms with E-state index in [-0.39, 0.29) is 0 Å². The van der Waals surface area contributed by atoms with Crippen LogP contribution in [0.5, 0.6) is 0 Å². The number of fused-ring (bicyclic) bond motifs is 1. The van der Waals surface area contributed by atoms with E-state index in [0.717, 1.165) is 26.1 Å². The number of aryl methyl sites for hydroxylation is 1.